The number of hydrogen-bond acceptors (Lipinski definition) is 5. The van der Waals surface area contributed by atoms with E-state index < -0.39 is 0 Å². The number of rotatable bonds is 2. The molecule has 0 bridgehead atoms. The molecule has 0 atom stereocenters. The van der Waals surface area contributed by atoms with E-state index in [2.05, 4.69) is 19.9 Å². The Morgan fingerprint density at radius 3 is 2.50 bits per heavy atom. The van der Waals surface area contributed by atoms with Gasteiger partial charge in [-0.05, 0) is 23.7 Å². The van der Waals surface area contributed by atoms with Crippen LogP contribution in [-0.4, -0.2) is 19.9 Å². The van der Waals surface area contributed by atoms with E-state index in [0.29, 0.717) is 11.6 Å². The van der Waals surface area contributed by atoms with E-state index >= 15 is 0 Å². The van der Waals surface area contributed by atoms with Crippen LogP contribution >= 0.6 is 11.6 Å². The van der Waals surface area contributed by atoms with Gasteiger partial charge >= 0.3 is 0 Å². The lowest BCUT2D eigenvalue weighted by molar-refractivity contribution is 0.667. The smallest absolute Gasteiger partial charge is 0.226 e. The molecule has 5 rings (SSSR count). The fourth-order valence-electron chi connectivity index (χ4n) is 3.05. The summed E-state index contributed by atoms with van der Waals surface area (Å²) in [6, 6.07) is 17.4. The minimum atomic E-state index is 0.153. The van der Waals surface area contributed by atoms with Crippen LogP contribution in [0.25, 0.3) is 44.7 Å². The third-order valence-electron chi connectivity index (χ3n) is 4.18. The first-order chi connectivity index (χ1) is 12.8. The summed E-state index contributed by atoms with van der Waals surface area (Å²) >= 11 is 6.20. The summed E-state index contributed by atoms with van der Waals surface area (Å²) in [5, 5.41) is 2.05. The van der Waals surface area contributed by atoms with Crippen molar-refractivity contribution in [2.24, 2.45) is 0 Å². The zero-order chi connectivity index (χ0) is 17.5. The molecular weight excluding hydrogens is 348 g/mol. The first-order valence-corrected chi connectivity index (χ1v) is 8.40. The second-order valence-corrected chi connectivity index (χ2v) is 6.11. The lowest BCUT2D eigenvalue weighted by Crippen LogP contribution is -1.97. The minimum Gasteiger partial charge on any atom is -0.454 e. The van der Waals surface area contributed by atoms with Crippen LogP contribution in [0.1, 0.15) is 0 Å². The van der Waals surface area contributed by atoms with Gasteiger partial charge in [-0.3, -0.25) is 4.98 Å². The van der Waals surface area contributed by atoms with E-state index in [1.807, 2.05) is 54.6 Å². The molecule has 2 aromatic carbocycles. The van der Waals surface area contributed by atoms with Crippen LogP contribution in [0.5, 0.6) is 0 Å². The summed E-state index contributed by atoms with van der Waals surface area (Å²) < 4.78 is 5.89. The molecule has 0 aliphatic heterocycles. The maximum atomic E-state index is 6.20. The maximum absolute atomic E-state index is 6.20. The van der Waals surface area contributed by atoms with Crippen molar-refractivity contribution in [2.75, 3.05) is 0 Å². The van der Waals surface area contributed by atoms with Gasteiger partial charge in [-0.2, -0.15) is 9.97 Å². The quantitative estimate of drug-likeness (QED) is 0.436. The second kappa shape index (κ2) is 5.89. The fraction of sp³-hybridized carbons (Fsp3) is 0. The highest BCUT2D eigenvalue weighted by Crippen LogP contribution is 2.35. The number of halogens is 1. The molecule has 3 aromatic heterocycles. The third-order valence-corrected chi connectivity index (χ3v) is 4.35. The molecule has 0 saturated heterocycles. The first-order valence-electron chi connectivity index (χ1n) is 8.02. The van der Waals surface area contributed by atoms with Crippen LogP contribution in [0.15, 0.2) is 71.4 Å². The van der Waals surface area contributed by atoms with E-state index in [-0.39, 0.29) is 5.28 Å². The van der Waals surface area contributed by atoms with E-state index in [4.69, 9.17) is 16.0 Å². The van der Waals surface area contributed by atoms with Crippen LogP contribution < -0.4 is 0 Å². The number of nitrogens with zero attached hydrogens (tertiary/aromatic N) is 4. The second-order valence-electron chi connectivity index (χ2n) is 5.77. The number of pyridine rings is 1. The van der Waals surface area contributed by atoms with Gasteiger partial charge < -0.3 is 4.42 Å². The Balaban J connectivity index is 1.80. The topological polar surface area (TPSA) is 64.7 Å². The average molecular weight is 359 g/mol. The monoisotopic (exact) mass is 358 g/mol. The number of fused-ring (bicyclic) bond motifs is 3. The maximum Gasteiger partial charge on any atom is 0.226 e. The lowest BCUT2D eigenvalue weighted by atomic mass is 10.1. The van der Waals surface area contributed by atoms with Crippen molar-refractivity contribution >= 4 is 33.5 Å². The molecular formula is C20H11ClN4O. The number of hydrogen-bond donors (Lipinski definition) is 0. The molecule has 0 aliphatic carbocycles. The molecule has 26 heavy (non-hydrogen) atoms. The molecule has 0 saturated carbocycles. The molecule has 0 amide bonds. The van der Waals surface area contributed by atoms with Gasteiger partial charge in [0.2, 0.25) is 5.28 Å². The van der Waals surface area contributed by atoms with Gasteiger partial charge in [-0.25, -0.2) is 4.98 Å². The predicted octanol–water partition coefficient (Wildman–Crippen LogP) is 5.15. The van der Waals surface area contributed by atoms with E-state index in [0.717, 1.165) is 33.1 Å². The van der Waals surface area contributed by atoms with Crippen LogP contribution in [-0.2, 0) is 0 Å². The summed E-state index contributed by atoms with van der Waals surface area (Å²) in [6.45, 7) is 0. The molecule has 5 aromatic rings. The van der Waals surface area contributed by atoms with Crippen molar-refractivity contribution in [3.63, 3.8) is 0 Å². The molecule has 0 N–H and O–H groups in total. The summed E-state index contributed by atoms with van der Waals surface area (Å²) in [7, 11) is 0. The molecule has 124 valence electrons. The van der Waals surface area contributed by atoms with Gasteiger partial charge in [0.05, 0.1) is 6.20 Å². The van der Waals surface area contributed by atoms with Crippen LogP contribution in [0, 0.1) is 0 Å². The molecule has 0 radical (unpaired) electrons. The Kier molecular flexibility index (Phi) is 3.40. The van der Waals surface area contributed by atoms with Crippen molar-refractivity contribution in [1.29, 1.82) is 0 Å². The molecule has 0 spiro atoms. The summed E-state index contributed by atoms with van der Waals surface area (Å²) in [4.78, 5) is 17.4. The van der Waals surface area contributed by atoms with E-state index in [9.17, 15) is 0 Å². The van der Waals surface area contributed by atoms with Crippen molar-refractivity contribution in [3.05, 3.63) is 72.3 Å². The van der Waals surface area contributed by atoms with Gasteiger partial charge in [0.15, 0.2) is 17.2 Å². The molecule has 0 fully saturated rings. The summed E-state index contributed by atoms with van der Waals surface area (Å²) in [5.41, 5.74) is 3.20. The standard InChI is InChI=1S/C20H11ClN4O/c21-20-24-18(12-5-2-1-3-6-12)23-19(25-20)14-7-4-8-15-17(14)13-9-10-22-11-16(13)26-15/h1-11H. The molecule has 0 aliphatic rings. The highest BCUT2D eigenvalue weighted by atomic mass is 35.5. The van der Waals surface area contributed by atoms with Crippen molar-refractivity contribution in [3.8, 4) is 22.8 Å². The van der Waals surface area contributed by atoms with E-state index in [1.165, 1.54) is 0 Å². The van der Waals surface area contributed by atoms with Gasteiger partial charge in [0.1, 0.15) is 5.58 Å². The SMILES string of the molecule is Clc1nc(-c2ccccc2)nc(-c2cccc3oc4cnccc4c23)n1. The lowest BCUT2D eigenvalue weighted by Gasteiger charge is -2.06. The molecule has 5 nitrogen and oxygen atoms in total. The zero-order valence-corrected chi connectivity index (χ0v) is 14.2. The van der Waals surface area contributed by atoms with Gasteiger partial charge in [0.25, 0.3) is 0 Å². The summed E-state index contributed by atoms with van der Waals surface area (Å²) in [6.07, 6.45) is 3.44. The Labute approximate surface area is 153 Å². The fourth-order valence-corrected chi connectivity index (χ4v) is 3.21. The van der Waals surface area contributed by atoms with Crippen LogP contribution in [0.4, 0.5) is 0 Å². The van der Waals surface area contributed by atoms with Crippen molar-refractivity contribution in [1.82, 2.24) is 19.9 Å². The number of aromatic nitrogens is 4. The first kappa shape index (κ1) is 15.0. The summed E-state index contributed by atoms with van der Waals surface area (Å²) in [5.74, 6) is 1.04. The van der Waals surface area contributed by atoms with Gasteiger partial charge in [-0.15, -0.1) is 0 Å². The minimum absolute atomic E-state index is 0.153. The van der Waals surface area contributed by atoms with Gasteiger partial charge in [0, 0.05) is 28.1 Å². The zero-order valence-electron chi connectivity index (χ0n) is 13.4. The predicted molar refractivity (Wildman–Crippen MR) is 101 cm³/mol. The largest absolute Gasteiger partial charge is 0.454 e. The van der Waals surface area contributed by atoms with E-state index in [1.54, 1.807) is 12.4 Å². The Morgan fingerprint density at radius 2 is 1.62 bits per heavy atom. The molecule has 3 heterocycles. The van der Waals surface area contributed by atoms with Crippen LogP contribution in [0.2, 0.25) is 5.28 Å². The molecule has 6 heteroatoms. The third kappa shape index (κ3) is 2.41. The Bertz CT molecular complexity index is 1250. The van der Waals surface area contributed by atoms with Gasteiger partial charge in [-0.1, -0.05) is 42.5 Å². The Hall–Kier alpha value is -3.31. The highest BCUT2D eigenvalue weighted by Gasteiger charge is 2.16. The van der Waals surface area contributed by atoms with Crippen molar-refractivity contribution in [2.45, 2.75) is 0 Å². The normalized spacial score (nSPS) is 11.3. The molecule has 0 unspecified atom stereocenters. The van der Waals surface area contributed by atoms with Crippen molar-refractivity contribution < 1.29 is 4.42 Å². The van der Waals surface area contributed by atoms with Crippen LogP contribution in [0.3, 0.4) is 0 Å². The highest BCUT2D eigenvalue weighted by molar-refractivity contribution is 6.28. The average Bonchev–Trinajstić information content (AvgIpc) is 3.07. The number of benzene rings is 2. The number of furan rings is 1. The Morgan fingerprint density at radius 1 is 0.769 bits per heavy atom.